The highest BCUT2D eigenvalue weighted by atomic mass is 19.1. The molecule has 3 rings (SSSR count). The Bertz CT molecular complexity index is 531. The number of aliphatic hydroxyl groups is 1. The average molecular weight is 292 g/mol. The molecule has 0 spiro atoms. The van der Waals surface area contributed by atoms with E-state index in [2.05, 4.69) is 5.32 Å². The zero-order chi connectivity index (χ0) is 14.8. The molecule has 1 saturated carbocycles. The Hall–Kier alpha value is -1.62. The lowest BCUT2D eigenvalue weighted by Crippen LogP contribution is -2.44. The third kappa shape index (κ3) is 3.18. The van der Waals surface area contributed by atoms with E-state index in [1.165, 1.54) is 6.07 Å². The van der Waals surface area contributed by atoms with Gasteiger partial charge in [-0.05, 0) is 55.4 Å². The van der Waals surface area contributed by atoms with Gasteiger partial charge in [0.1, 0.15) is 5.82 Å². The number of carbonyl (C=O) groups is 1. The first-order chi connectivity index (χ1) is 10.2. The van der Waals surface area contributed by atoms with Crippen molar-refractivity contribution < 1.29 is 14.3 Å². The molecule has 5 heteroatoms. The largest absolute Gasteiger partial charge is 0.395 e. The fourth-order valence-electron chi connectivity index (χ4n) is 3.11. The van der Waals surface area contributed by atoms with Crippen molar-refractivity contribution >= 4 is 6.03 Å². The van der Waals surface area contributed by atoms with Gasteiger partial charge in [-0.15, -0.1) is 0 Å². The Morgan fingerprint density at radius 1 is 1.38 bits per heavy atom. The summed E-state index contributed by atoms with van der Waals surface area (Å²) in [6, 6.07) is 4.90. The van der Waals surface area contributed by atoms with Gasteiger partial charge in [-0.1, -0.05) is 6.07 Å². The second-order valence-electron chi connectivity index (χ2n) is 5.89. The van der Waals surface area contributed by atoms with Gasteiger partial charge in [-0.2, -0.15) is 0 Å². The number of halogens is 1. The first kappa shape index (κ1) is 14.3. The van der Waals surface area contributed by atoms with E-state index in [-0.39, 0.29) is 30.5 Å². The number of nitrogens with zero attached hydrogens (tertiary/aromatic N) is 1. The number of nitrogens with one attached hydrogen (secondary N) is 1. The maximum atomic E-state index is 13.3. The molecule has 0 radical (unpaired) electrons. The summed E-state index contributed by atoms with van der Waals surface area (Å²) in [6.45, 7) is 0.357. The number of rotatable bonds is 4. The van der Waals surface area contributed by atoms with E-state index in [0.717, 1.165) is 43.2 Å². The molecule has 2 aliphatic rings. The molecule has 21 heavy (non-hydrogen) atoms. The number of aliphatic hydroxyl groups excluding tert-OH is 1. The molecule has 0 bridgehead atoms. The fraction of sp³-hybridized carbons (Fsp3) is 0.562. The smallest absolute Gasteiger partial charge is 0.318 e. The van der Waals surface area contributed by atoms with Crippen LogP contribution in [0.3, 0.4) is 0 Å². The van der Waals surface area contributed by atoms with Crippen LogP contribution in [0.4, 0.5) is 9.18 Å². The Morgan fingerprint density at radius 2 is 2.19 bits per heavy atom. The first-order valence-corrected chi connectivity index (χ1v) is 7.65. The Kier molecular flexibility index (Phi) is 4.10. The van der Waals surface area contributed by atoms with E-state index in [9.17, 15) is 9.18 Å². The molecule has 1 fully saturated rings. The van der Waals surface area contributed by atoms with Crippen LogP contribution in [0.15, 0.2) is 18.2 Å². The molecule has 2 N–H and O–H groups in total. The van der Waals surface area contributed by atoms with Crippen LogP contribution in [-0.4, -0.2) is 35.2 Å². The predicted molar refractivity (Wildman–Crippen MR) is 77.4 cm³/mol. The van der Waals surface area contributed by atoms with Gasteiger partial charge in [0.05, 0.1) is 12.6 Å². The van der Waals surface area contributed by atoms with E-state index in [1.54, 1.807) is 17.0 Å². The Labute approximate surface area is 124 Å². The third-order valence-corrected chi connectivity index (χ3v) is 4.31. The van der Waals surface area contributed by atoms with E-state index in [0.29, 0.717) is 6.54 Å². The van der Waals surface area contributed by atoms with Crippen molar-refractivity contribution in [1.29, 1.82) is 0 Å². The summed E-state index contributed by atoms with van der Waals surface area (Å²) in [6.07, 6.45) is 4.72. The Balaban J connectivity index is 1.72. The molecule has 1 unspecified atom stereocenters. The second kappa shape index (κ2) is 6.02. The number of aryl methyl sites for hydroxylation is 1. The first-order valence-electron chi connectivity index (χ1n) is 7.65. The van der Waals surface area contributed by atoms with Crippen LogP contribution in [0.5, 0.6) is 0 Å². The zero-order valence-corrected chi connectivity index (χ0v) is 12.0. The van der Waals surface area contributed by atoms with E-state index in [1.807, 2.05) is 0 Å². The fourth-order valence-corrected chi connectivity index (χ4v) is 3.11. The molecule has 0 aliphatic heterocycles. The van der Waals surface area contributed by atoms with Crippen molar-refractivity contribution in [2.75, 3.05) is 13.2 Å². The second-order valence-corrected chi connectivity index (χ2v) is 5.89. The summed E-state index contributed by atoms with van der Waals surface area (Å²) in [7, 11) is 0. The molecule has 0 aromatic heterocycles. The standard InChI is InChI=1S/C16H21FN2O2/c17-12-4-7-14-11(10-12)2-1-3-15(14)18-16(21)19(8-9-20)13-5-6-13/h4,7,10,13,15,20H,1-3,5-6,8-9H2,(H,18,21). The lowest BCUT2D eigenvalue weighted by Gasteiger charge is -2.30. The third-order valence-electron chi connectivity index (χ3n) is 4.31. The van der Waals surface area contributed by atoms with Crippen LogP contribution < -0.4 is 5.32 Å². The lowest BCUT2D eigenvalue weighted by atomic mass is 9.87. The van der Waals surface area contributed by atoms with Gasteiger partial charge in [-0.25, -0.2) is 9.18 Å². The van der Waals surface area contributed by atoms with E-state index >= 15 is 0 Å². The summed E-state index contributed by atoms with van der Waals surface area (Å²) >= 11 is 0. The van der Waals surface area contributed by atoms with Crippen molar-refractivity contribution in [2.24, 2.45) is 0 Å². The summed E-state index contributed by atoms with van der Waals surface area (Å²) < 4.78 is 13.3. The van der Waals surface area contributed by atoms with Crippen LogP contribution in [0.1, 0.15) is 42.9 Å². The van der Waals surface area contributed by atoms with Gasteiger partial charge < -0.3 is 15.3 Å². The number of amides is 2. The summed E-state index contributed by atoms with van der Waals surface area (Å²) in [4.78, 5) is 14.1. The minimum Gasteiger partial charge on any atom is -0.395 e. The van der Waals surface area contributed by atoms with Crippen molar-refractivity contribution in [3.8, 4) is 0 Å². The quantitative estimate of drug-likeness (QED) is 0.895. The highest BCUT2D eigenvalue weighted by Gasteiger charge is 2.33. The van der Waals surface area contributed by atoms with Gasteiger partial charge >= 0.3 is 6.03 Å². The lowest BCUT2D eigenvalue weighted by molar-refractivity contribution is 0.169. The Morgan fingerprint density at radius 3 is 2.90 bits per heavy atom. The van der Waals surface area contributed by atoms with Gasteiger partial charge in [0.25, 0.3) is 0 Å². The van der Waals surface area contributed by atoms with Crippen LogP contribution in [0.2, 0.25) is 0 Å². The van der Waals surface area contributed by atoms with E-state index in [4.69, 9.17) is 5.11 Å². The molecular weight excluding hydrogens is 271 g/mol. The number of fused-ring (bicyclic) bond motifs is 1. The van der Waals surface area contributed by atoms with Crippen molar-refractivity contribution in [3.63, 3.8) is 0 Å². The highest BCUT2D eigenvalue weighted by Crippen LogP contribution is 2.31. The molecule has 1 aromatic carbocycles. The van der Waals surface area contributed by atoms with Crippen LogP contribution in [0.25, 0.3) is 0 Å². The normalized spacial score (nSPS) is 20.8. The SMILES string of the molecule is O=C(NC1CCCc2cc(F)ccc21)N(CCO)C1CC1. The number of benzene rings is 1. The number of carbonyl (C=O) groups excluding carboxylic acids is 1. The monoisotopic (exact) mass is 292 g/mol. The van der Waals surface area contributed by atoms with Crippen LogP contribution >= 0.6 is 0 Å². The number of hydrogen-bond donors (Lipinski definition) is 2. The van der Waals surface area contributed by atoms with Gasteiger partial charge in [0.2, 0.25) is 0 Å². The van der Waals surface area contributed by atoms with Crippen LogP contribution in [0, 0.1) is 5.82 Å². The minimum absolute atomic E-state index is 0.0175. The van der Waals surface area contributed by atoms with Gasteiger partial charge in [-0.3, -0.25) is 0 Å². The molecule has 0 saturated heterocycles. The predicted octanol–water partition coefficient (Wildman–Crippen LogP) is 2.37. The maximum Gasteiger partial charge on any atom is 0.318 e. The maximum absolute atomic E-state index is 13.3. The molecule has 114 valence electrons. The molecule has 2 amide bonds. The summed E-state index contributed by atoms with van der Waals surface area (Å²) in [5, 5.41) is 12.1. The van der Waals surface area contributed by atoms with Crippen LogP contribution in [-0.2, 0) is 6.42 Å². The van der Waals surface area contributed by atoms with Crippen molar-refractivity contribution in [1.82, 2.24) is 10.2 Å². The average Bonchev–Trinajstić information content (AvgIpc) is 3.29. The molecule has 0 heterocycles. The molecule has 4 nitrogen and oxygen atoms in total. The van der Waals surface area contributed by atoms with Crippen molar-refractivity contribution in [2.45, 2.75) is 44.2 Å². The van der Waals surface area contributed by atoms with Crippen molar-refractivity contribution in [3.05, 3.63) is 35.1 Å². The van der Waals surface area contributed by atoms with E-state index < -0.39 is 0 Å². The number of urea groups is 1. The minimum atomic E-state index is -0.222. The summed E-state index contributed by atoms with van der Waals surface area (Å²) in [5.74, 6) is -0.222. The molecule has 1 atom stereocenters. The zero-order valence-electron chi connectivity index (χ0n) is 12.0. The van der Waals surface area contributed by atoms with Gasteiger partial charge in [0.15, 0.2) is 0 Å². The molecular formula is C16H21FN2O2. The molecule has 1 aromatic rings. The number of hydrogen-bond acceptors (Lipinski definition) is 2. The summed E-state index contributed by atoms with van der Waals surface area (Å²) in [5.41, 5.74) is 2.02. The topological polar surface area (TPSA) is 52.6 Å². The highest BCUT2D eigenvalue weighted by molar-refractivity contribution is 5.75. The van der Waals surface area contributed by atoms with Gasteiger partial charge in [0, 0.05) is 12.6 Å². The molecule has 2 aliphatic carbocycles.